The van der Waals surface area contributed by atoms with Gasteiger partial charge in [0.15, 0.2) is 0 Å². The van der Waals surface area contributed by atoms with E-state index < -0.39 is 0 Å². The van der Waals surface area contributed by atoms with Crippen LogP contribution in [0, 0.1) is 0 Å². The summed E-state index contributed by atoms with van der Waals surface area (Å²) in [6.07, 6.45) is 1.55. The van der Waals surface area contributed by atoms with Crippen molar-refractivity contribution >= 4 is 23.6 Å². The second kappa shape index (κ2) is 3.77. The Hall–Kier alpha value is -1.02. The molecule has 0 aromatic heterocycles. The van der Waals surface area contributed by atoms with E-state index in [0.717, 1.165) is 11.3 Å². The van der Waals surface area contributed by atoms with Crippen molar-refractivity contribution < 1.29 is 4.79 Å². The van der Waals surface area contributed by atoms with E-state index in [-0.39, 0.29) is 11.5 Å². The monoisotopic (exact) mass is 237 g/mol. The second-order valence-electron chi connectivity index (χ2n) is 4.91. The molecule has 0 N–H and O–H groups in total. The fourth-order valence-corrected chi connectivity index (χ4v) is 2.88. The summed E-state index contributed by atoms with van der Waals surface area (Å²) in [4.78, 5) is 12.9. The van der Waals surface area contributed by atoms with Crippen LogP contribution in [0.15, 0.2) is 18.2 Å². The van der Waals surface area contributed by atoms with Crippen LogP contribution in [-0.4, -0.2) is 19.4 Å². The number of nitrogens with zero attached hydrogens (tertiary/aromatic N) is 1. The van der Waals surface area contributed by atoms with Crippen LogP contribution in [0.5, 0.6) is 0 Å². The van der Waals surface area contributed by atoms with E-state index >= 15 is 0 Å². The number of hydrogen-bond donors (Lipinski definition) is 0. The lowest BCUT2D eigenvalue weighted by Crippen LogP contribution is -2.39. The van der Waals surface area contributed by atoms with Gasteiger partial charge in [-0.05, 0) is 23.8 Å². The smallest absolute Gasteiger partial charge is 0.122 e. The summed E-state index contributed by atoms with van der Waals surface area (Å²) >= 11 is 6.04. The molecule has 1 aromatic carbocycles. The summed E-state index contributed by atoms with van der Waals surface area (Å²) in [6, 6.07) is 6.16. The van der Waals surface area contributed by atoms with Crippen molar-refractivity contribution in [3.8, 4) is 0 Å². The molecule has 1 aliphatic heterocycles. The van der Waals surface area contributed by atoms with Crippen molar-refractivity contribution in [1.29, 1.82) is 0 Å². The number of carbonyl (C=O) groups excluding carboxylic acids is 1. The Morgan fingerprint density at radius 3 is 2.81 bits per heavy atom. The Bertz CT molecular complexity index is 428. The van der Waals surface area contributed by atoms with Crippen LogP contribution in [0.1, 0.15) is 25.8 Å². The molecule has 1 atom stereocenters. The van der Waals surface area contributed by atoms with Gasteiger partial charge in [0.25, 0.3) is 0 Å². The molecule has 1 heterocycles. The first kappa shape index (κ1) is 11.5. The molecule has 16 heavy (non-hydrogen) atoms. The van der Waals surface area contributed by atoms with Crippen molar-refractivity contribution in [3.63, 3.8) is 0 Å². The fourth-order valence-electron chi connectivity index (χ4n) is 2.71. The van der Waals surface area contributed by atoms with Crippen molar-refractivity contribution in [2.75, 3.05) is 11.9 Å². The third kappa shape index (κ3) is 1.52. The van der Waals surface area contributed by atoms with Crippen molar-refractivity contribution in [2.45, 2.75) is 31.7 Å². The Kier molecular flexibility index (Phi) is 2.70. The Morgan fingerprint density at radius 2 is 2.19 bits per heavy atom. The van der Waals surface area contributed by atoms with Crippen LogP contribution in [0.25, 0.3) is 0 Å². The molecule has 0 spiro atoms. The van der Waals surface area contributed by atoms with E-state index in [1.807, 2.05) is 25.2 Å². The van der Waals surface area contributed by atoms with Crippen LogP contribution in [0.2, 0.25) is 5.02 Å². The molecule has 0 unspecified atom stereocenters. The molecule has 1 aromatic rings. The lowest BCUT2D eigenvalue weighted by molar-refractivity contribution is -0.108. The van der Waals surface area contributed by atoms with E-state index in [1.54, 1.807) is 0 Å². The molecule has 0 aliphatic carbocycles. The largest absolute Gasteiger partial charge is 0.370 e. The fraction of sp³-hybridized carbons (Fsp3) is 0.462. The lowest BCUT2D eigenvalue weighted by atomic mass is 9.79. The highest BCUT2D eigenvalue weighted by Crippen LogP contribution is 2.46. The number of aldehydes is 1. The van der Waals surface area contributed by atoms with Gasteiger partial charge < -0.3 is 9.69 Å². The quantitative estimate of drug-likeness (QED) is 0.737. The van der Waals surface area contributed by atoms with Crippen molar-refractivity contribution in [3.05, 3.63) is 28.8 Å². The van der Waals surface area contributed by atoms with Gasteiger partial charge in [-0.1, -0.05) is 25.4 Å². The first-order valence-corrected chi connectivity index (χ1v) is 5.82. The van der Waals surface area contributed by atoms with Crippen LogP contribution >= 0.6 is 11.6 Å². The minimum absolute atomic E-state index is 0.0319. The maximum atomic E-state index is 10.8. The zero-order valence-corrected chi connectivity index (χ0v) is 10.6. The Morgan fingerprint density at radius 1 is 1.50 bits per heavy atom. The zero-order valence-electron chi connectivity index (χ0n) is 9.83. The molecule has 2 rings (SSSR count). The number of likely N-dealkylation sites (N-methyl/N-ethyl adjacent to an activating group) is 1. The van der Waals surface area contributed by atoms with E-state index in [2.05, 4.69) is 18.7 Å². The number of benzene rings is 1. The summed E-state index contributed by atoms with van der Waals surface area (Å²) in [6.45, 7) is 4.33. The first-order chi connectivity index (χ1) is 7.48. The van der Waals surface area contributed by atoms with Gasteiger partial charge in [-0.15, -0.1) is 0 Å². The third-order valence-corrected chi connectivity index (χ3v) is 3.89. The molecule has 0 fully saturated rings. The van der Waals surface area contributed by atoms with E-state index in [1.165, 1.54) is 11.3 Å². The minimum atomic E-state index is -0.0319. The predicted octanol–water partition coefficient (Wildman–Crippen LogP) is 3.03. The number of halogens is 1. The van der Waals surface area contributed by atoms with E-state index in [4.69, 9.17) is 11.6 Å². The van der Waals surface area contributed by atoms with Crippen molar-refractivity contribution in [2.24, 2.45) is 0 Å². The Balaban J connectivity index is 2.52. The summed E-state index contributed by atoms with van der Waals surface area (Å²) < 4.78 is 0. The highest BCUT2D eigenvalue weighted by atomic mass is 35.5. The molecule has 86 valence electrons. The lowest BCUT2D eigenvalue weighted by Gasteiger charge is -2.30. The normalized spacial score (nSPS) is 22.0. The zero-order chi connectivity index (χ0) is 11.9. The number of rotatable bonds is 2. The average Bonchev–Trinajstić information content (AvgIpc) is 2.40. The summed E-state index contributed by atoms with van der Waals surface area (Å²) in [5.74, 6) is 0. The van der Waals surface area contributed by atoms with E-state index in [0.29, 0.717) is 6.42 Å². The van der Waals surface area contributed by atoms with Gasteiger partial charge in [0, 0.05) is 35.6 Å². The number of carbonyl (C=O) groups is 1. The molecule has 1 aliphatic rings. The van der Waals surface area contributed by atoms with Gasteiger partial charge in [-0.25, -0.2) is 0 Å². The maximum Gasteiger partial charge on any atom is 0.122 e. The average molecular weight is 238 g/mol. The van der Waals surface area contributed by atoms with Gasteiger partial charge in [0.1, 0.15) is 6.29 Å². The third-order valence-electron chi connectivity index (χ3n) is 3.65. The molecule has 2 nitrogen and oxygen atoms in total. The molecular weight excluding hydrogens is 222 g/mol. The molecule has 0 saturated carbocycles. The van der Waals surface area contributed by atoms with E-state index in [9.17, 15) is 4.79 Å². The molecule has 0 amide bonds. The highest BCUT2D eigenvalue weighted by molar-refractivity contribution is 6.30. The molecule has 0 bridgehead atoms. The molecule has 0 saturated heterocycles. The van der Waals surface area contributed by atoms with Gasteiger partial charge in [-0.2, -0.15) is 0 Å². The van der Waals surface area contributed by atoms with Crippen molar-refractivity contribution in [1.82, 2.24) is 0 Å². The molecular formula is C13H16ClNO. The topological polar surface area (TPSA) is 20.3 Å². The van der Waals surface area contributed by atoms with Gasteiger partial charge in [0.05, 0.1) is 0 Å². The van der Waals surface area contributed by atoms with Crippen LogP contribution in [0.3, 0.4) is 0 Å². The van der Waals surface area contributed by atoms with Gasteiger partial charge in [0.2, 0.25) is 0 Å². The van der Waals surface area contributed by atoms with Crippen LogP contribution < -0.4 is 4.90 Å². The first-order valence-electron chi connectivity index (χ1n) is 5.45. The number of hydrogen-bond acceptors (Lipinski definition) is 2. The Labute approximate surface area is 101 Å². The number of anilines is 1. The van der Waals surface area contributed by atoms with Gasteiger partial charge >= 0.3 is 0 Å². The standard InChI is InChI=1S/C13H16ClNO/c1-13(2)10-8-9(14)4-5-11(10)15(3)12(13)6-7-16/h4-5,7-8,12H,6H2,1-3H3/t12-/m1/s1. The summed E-state index contributed by atoms with van der Waals surface area (Å²) in [5.41, 5.74) is 2.38. The highest BCUT2D eigenvalue weighted by Gasteiger charge is 2.42. The maximum absolute atomic E-state index is 10.8. The van der Waals surface area contributed by atoms with Crippen LogP contribution in [0.4, 0.5) is 5.69 Å². The predicted molar refractivity (Wildman–Crippen MR) is 67.4 cm³/mol. The van der Waals surface area contributed by atoms with Crippen LogP contribution in [-0.2, 0) is 10.2 Å². The summed E-state index contributed by atoms with van der Waals surface area (Å²) in [5, 5.41) is 0.756. The summed E-state index contributed by atoms with van der Waals surface area (Å²) in [7, 11) is 2.04. The minimum Gasteiger partial charge on any atom is -0.370 e. The molecule has 3 heteroatoms. The molecule has 0 radical (unpaired) electrons. The van der Waals surface area contributed by atoms with Gasteiger partial charge in [-0.3, -0.25) is 0 Å². The second-order valence-corrected chi connectivity index (χ2v) is 5.35. The SMILES string of the molecule is CN1c2ccc(Cl)cc2C(C)(C)[C@H]1CC=O. The number of fused-ring (bicyclic) bond motifs is 1.